The van der Waals surface area contributed by atoms with Crippen LogP contribution in [0.15, 0.2) is 49.1 Å². The van der Waals surface area contributed by atoms with Crippen LogP contribution in [0.4, 0.5) is 0 Å². The fourth-order valence-corrected chi connectivity index (χ4v) is 3.89. The van der Waals surface area contributed by atoms with Gasteiger partial charge in [-0.25, -0.2) is 4.98 Å². The van der Waals surface area contributed by atoms with E-state index in [9.17, 15) is 4.79 Å². The van der Waals surface area contributed by atoms with Crippen molar-refractivity contribution in [2.24, 2.45) is 0 Å². The molecule has 4 rings (SSSR count). The van der Waals surface area contributed by atoms with E-state index in [4.69, 9.17) is 0 Å². The molecule has 6 nitrogen and oxygen atoms in total. The molecule has 0 radical (unpaired) electrons. The highest BCUT2D eigenvalue weighted by Crippen LogP contribution is 2.22. The summed E-state index contributed by atoms with van der Waals surface area (Å²) in [6.07, 6.45) is 10.5. The first kappa shape index (κ1) is 16.8. The number of imidazole rings is 1. The quantitative estimate of drug-likeness (QED) is 0.686. The molecule has 2 aromatic heterocycles. The number of aryl methyl sites for hydroxylation is 2. The second-order valence-electron chi connectivity index (χ2n) is 6.97. The monoisotopic (exact) mass is 351 g/mol. The van der Waals surface area contributed by atoms with E-state index in [0.717, 1.165) is 43.4 Å². The Bertz CT molecular complexity index is 854. The number of aromatic nitrogens is 4. The van der Waals surface area contributed by atoms with E-state index in [-0.39, 0.29) is 5.91 Å². The Kier molecular flexibility index (Phi) is 5.00. The van der Waals surface area contributed by atoms with Crippen molar-refractivity contribution < 1.29 is 4.79 Å². The number of hydrogen-bond acceptors (Lipinski definition) is 3. The second kappa shape index (κ2) is 7.72. The molecular weight excluding hydrogens is 326 g/mol. The summed E-state index contributed by atoms with van der Waals surface area (Å²) in [6, 6.07) is 10.3. The number of rotatable bonds is 6. The van der Waals surface area contributed by atoms with Crippen LogP contribution in [0.5, 0.6) is 0 Å². The molecule has 3 heterocycles. The van der Waals surface area contributed by atoms with E-state index >= 15 is 0 Å². The van der Waals surface area contributed by atoms with Gasteiger partial charge in [0.25, 0.3) is 0 Å². The van der Waals surface area contributed by atoms with Gasteiger partial charge in [0.2, 0.25) is 5.91 Å². The minimum absolute atomic E-state index is 0.257. The van der Waals surface area contributed by atoms with Gasteiger partial charge in [0, 0.05) is 44.5 Å². The van der Waals surface area contributed by atoms with E-state index < -0.39 is 0 Å². The maximum Gasteiger partial charge on any atom is 0.224 e. The smallest absolute Gasteiger partial charge is 0.224 e. The van der Waals surface area contributed by atoms with Gasteiger partial charge in [0.15, 0.2) is 0 Å². The molecule has 0 spiro atoms. The summed E-state index contributed by atoms with van der Waals surface area (Å²) in [5.41, 5.74) is 2.07. The fraction of sp³-hybridized carbons (Fsp3) is 0.450. The van der Waals surface area contributed by atoms with Crippen LogP contribution in [0.2, 0.25) is 0 Å². The standard InChI is InChI=1S/C20H25N5O/c26-20(10-14-23-16-21-18-7-1-2-8-19(18)23)25-13-4-3-6-17(25)9-15-24-12-5-11-22-24/h1-2,5,7-8,11-12,16-17H,3-4,6,9-10,13-15H2/t17-/m1/s1. The minimum Gasteiger partial charge on any atom is -0.340 e. The number of benzene rings is 1. The molecule has 1 aliphatic heterocycles. The summed E-state index contributed by atoms with van der Waals surface area (Å²) >= 11 is 0. The Morgan fingerprint density at radius 2 is 2.08 bits per heavy atom. The van der Waals surface area contributed by atoms with Gasteiger partial charge in [-0.3, -0.25) is 9.48 Å². The van der Waals surface area contributed by atoms with Crippen molar-refractivity contribution in [3.63, 3.8) is 0 Å². The van der Waals surface area contributed by atoms with Gasteiger partial charge < -0.3 is 9.47 Å². The van der Waals surface area contributed by atoms with Gasteiger partial charge in [-0.05, 0) is 43.9 Å². The van der Waals surface area contributed by atoms with Gasteiger partial charge >= 0.3 is 0 Å². The van der Waals surface area contributed by atoms with Crippen molar-refractivity contribution in [1.82, 2.24) is 24.2 Å². The number of carbonyl (C=O) groups excluding carboxylic acids is 1. The third kappa shape index (κ3) is 3.64. The van der Waals surface area contributed by atoms with Crippen molar-refractivity contribution in [3.8, 4) is 0 Å². The van der Waals surface area contributed by atoms with Gasteiger partial charge in [0.1, 0.15) is 0 Å². The number of amides is 1. The van der Waals surface area contributed by atoms with E-state index in [2.05, 4.69) is 25.6 Å². The number of hydrogen-bond donors (Lipinski definition) is 0. The lowest BCUT2D eigenvalue weighted by molar-refractivity contribution is -0.135. The van der Waals surface area contributed by atoms with E-state index in [1.165, 1.54) is 6.42 Å². The maximum atomic E-state index is 12.9. The number of nitrogens with zero attached hydrogens (tertiary/aromatic N) is 5. The molecule has 0 N–H and O–H groups in total. The molecule has 0 unspecified atom stereocenters. The minimum atomic E-state index is 0.257. The van der Waals surface area contributed by atoms with Gasteiger partial charge in [-0.2, -0.15) is 5.10 Å². The van der Waals surface area contributed by atoms with Crippen LogP contribution in [-0.2, 0) is 17.9 Å². The maximum absolute atomic E-state index is 12.9. The van der Waals surface area contributed by atoms with E-state index in [1.54, 1.807) is 6.20 Å². The highest BCUT2D eigenvalue weighted by atomic mass is 16.2. The Morgan fingerprint density at radius 1 is 1.15 bits per heavy atom. The average molecular weight is 351 g/mol. The molecule has 1 saturated heterocycles. The van der Waals surface area contributed by atoms with Crippen LogP contribution in [0.3, 0.4) is 0 Å². The van der Waals surface area contributed by atoms with Gasteiger partial charge in [-0.15, -0.1) is 0 Å². The number of fused-ring (bicyclic) bond motifs is 1. The van der Waals surface area contributed by atoms with Crippen LogP contribution >= 0.6 is 0 Å². The second-order valence-corrected chi connectivity index (χ2v) is 6.97. The summed E-state index contributed by atoms with van der Waals surface area (Å²) in [6.45, 7) is 2.43. The molecule has 0 bridgehead atoms. The predicted octanol–water partition coefficient (Wildman–Crippen LogP) is 3.09. The molecule has 0 aliphatic carbocycles. The number of carbonyl (C=O) groups is 1. The molecule has 1 aromatic carbocycles. The summed E-state index contributed by atoms with van der Waals surface area (Å²) in [4.78, 5) is 19.4. The zero-order valence-electron chi connectivity index (χ0n) is 15.0. The van der Waals surface area contributed by atoms with Crippen molar-refractivity contribution in [2.45, 2.75) is 51.2 Å². The van der Waals surface area contributed by atoms with Crippen LogP contribution in [-0.4, -0.2) is 42.7 Å². The fourth-order valence-electron chi connectivity index (χ4n) is 3.89. The molecule has 3 aromatic rings. The number of piperidine rings is 1. The van der Waals surface area contributed by atoms with Crippen molar-refractivity contribution in [3.05, 3.63) is 49.1 Å². The lowest BCUT2D eigenvalue weighted by Crippen LogP contribution is -2.44. The number of para-hydroxylation sites is 2. The highest BCUT2D eigenvalue weighted by Gasteiger charge is 2.26. The SMILES string of the molecule is O=C(CCn1cnc2ccccc21)N1CCCC[C@@H]1CCn1cccn1. The van der Waals surface area contributed by atoms with Crippen molar-refractivity contribution >= 4 is 16.9 Å². The first-order valence-electron chi connectivity index (χ1n) is 9.48. The van der Waals surface area contributed by atoms with Crippen LogP contribution < -0.4 is 0 Å². The zero-order chi connectivity index (χ0) is 17.8. The first-order chi connectivity index (χ1) is 12.8. The topological polar surface area (TPSA) is 56.0 Å². The van der Waals surface area contributed by atoms with E-state index in [1.807, 2.05) is 41.5 Å². The largest absolute Gasteiger partial charge is 0.340 e. The summed E-state index contributed by atoms with van der Waals surface area (Å²) in [5.74, 6) is 0.257. The molecule has 1 atom stereocenters. The Morgan fingerprint density at radius 3 is 2.96 bits per heavy atom. The third-order valence-corrected chi connectivity index (χ3v) is 5.29. The van der Waals surface area contributed by atoms with Crippen molar-refractivity contribution in [1.29, 1.82) is 0 Å². The lowest BCUT2D eigenvalue weighted by atomic mass is 9.99. The Balaban J connectivity index is 1.37. The molecular formula is C20H25N5O. The zero-order valence-corrected chi connectivity index (χ0v) is 15.0. The summed E-state index contributed by atoms with van der Waals surface area (Å²) < 4.78 is 4.03. The Labute approximate surface area is 153 Å². The molecule has 1 fully saturated rings. The van der Waals surface area contributed by atoms with Crippen LogP contribution in [0.25, 0.3) is 11.0 Å². The Hall–Kier alpha value is -2.63. The third-order valence-electron chi connectivity index (χ3n) is 5.29. The normalized spacial score (nSPS) is 17.7. The molecule has 1 aliphatic rings. The lowest BCUT2D eigenvalue weighted by Gasteiger charge is -2.36. The summed E-state index contributed by atoms with van der Waals surface area (Å²) in [7, 11) is 0. The van der Waals surface area contributed by atoms with Crippen LogP contribution in [0.1, 0.15) is 32.1 Å². The number of likely N-dealkylation sites (tertiary alicyclic amines) is 1. The van der Waals surface area contributed by atoms with E-state index in [0.29, 0.717) is 19.0 Å². The van der Waals surface area contributed by atoms with Gasteiger partial charge in [-0.1, -0.05) is 12.1 Å². The predicted molar refractivity (Wildman–Crippen MR) is 101 cm³/mol. The molecule has 0 saturated carbocycles. The van der Waals surface area contributed by atoms with Crippen LogP contribution in [0, 0.1) is 0 Å². The van der Waals surface area contributed by atoms with Crippen molar-refractivity contribution in [2.75, 3.05) is 6.54 Å². The average Bonchev–Trinajstić information content (AvgIpc) is 3.34. The van der Waals surface area contributed by atoms with Gasteiger partial charge in [0.05, 0.1) is 17.4 Å². The summed E-state index contributed by atoms with van der Waals surface area (Å²) in [5, 5.41) is 4.27. The molecule has 26 heavy (non-hydrogen) atoms. The first-order valence-corrected chi connectivity index (χ1v) is 9.48. The molecule has 6 heteroatoms. The molecule has 1 amide bonds. The molecule has 136 valence electrons. The highest BCUT2D eigenvalue weighted by molar-refractivity contribution is 5.78.